The highest BCUT2D eigenvalue weighted by molar-refractivity contribution is 5.92. The number of carbonyl (C=O) groups excluding carboxylic acids is 1. The average Bonchev–Trinajstić information content (AvgIpc) is 2.05. The molecule has 3 heteroatoms. The standard InChI is InChI=1S/C9H17NO2/c1-3-4-6-10-9(12)8(2)5-7-11/h5,11H,3-4,6-7H2,1-2H3,(H,10,12). The van der Waals surface area contributed by atoms with Crippen molar-refractivity contribution in [1.82, 2.24) is 5.32 Å². The molecule has 0 saturated carbocycles. The lowest BCUT2D eigenvalue weighted by Gasteiger charge is -2.03. The number of carbonyl (C=O) groups is 1. The molecule has 0 aliphatic heterocycles. The minimum absolute atomic E-state index is 0.0764. The fourth-order valence-electron chi connectivity index (χ4n) is 0.748. The van der Waals surface area contributed by atoms with Gasteiger partial charge in [-0.1, -0.05) is 19.4 Å². The minimum Gasteiger partial charge on any atom is -0.392 e. The first-order valence-corrected chi connectivity index (χ1v) is 4.28. The molecule has 0 spiro atoms. The number of aliphatic hydroxyl groups is 1. The van der Waals surface area contributed by atoms with Gasteiger partial charge in [0.15, 0.2) is 0 Å². The van der Waals surface area contributed by atoms with Crippen LogP contribution in [0.2, 0.25) is 0 Å². The summed E-state index contributed by atoms with van der Waals surface area (Å²) in [7, 11) is 0. The molecule has 0 saturated heterocycles. The largest absolute Gasteiger partial charge is 0.392 e. The van der Waals surface area contributed by atoms with Crippen LogP contribution < -0.4 is 5.32 Å². The molecule has 0 aliphatic rings. The van der Waals surface area contributed by atoms with Crippen molar-refractivity contribution in [3.05, 3.63) is 11.6 Å². The smallest absolute Gasteiger partial charge is 0.246 e. The molecular formula is C9H17NO2. The summed E-state index contributed by atoms with van der Waals surface area (Å²) in [4.78, 5) is 11.1. The first kappa shape index (κ1) is 11.2. The fraction of sp³-hybridized carbons (Fsp3) is 0.667. The molecule has 0 bridgehead atoms. The third kappa shape index (κ3) is 4.91. The SMILES string of the molecule is CCCCNC(=O)C(C)=CCO. The molecule has 0 aromatic rings. The molecule has 0 radical (unpaired) electrons. The summed E-state index contributed by atoms with van der Waals surface area (Å²) in [5.74, 6) is -0.0856. The summed E-state index contributed by atoms with van der Waals surface area (Å²) in [6.07, 6.45) is 3.57. The van der Waals surface area contributed by atoms with E-state index in [0.717, 1.165) is 12.8 Å². The number of amides is 1. The van der Waals surface area contributed by atoms with E-state index in [-0.39, 0.29) is 12.5 Å². The molecule has 0 aromatic heterocycles. The Balaban J connectivity index is 3.64. The van der Waals surface area contributed by atoms with Gasteiger partial charge in [-0.25, -0.2) is 0 Å². The molecule has 0 aliphatic carbocycles. The van der Waals surface area contributed by atoms with E-state index < -0.39 is 0 Å². The van der Waals surface area contributed by atoms with Gasteiger partial charge in [0, 0.05) is 12.1 Å². The molecule has 0 fully saturated rings. The van der Waals surface area contributed by atoms with Gasteiger partial charge in [-0.3, -0.25) is 4.79 Å². The summed E-state index contributed by atoms with van der Waals surface area (Å²) in [6, 6.07) is 0. The van der Waals surface area contributed by atoms with Crippen LogP contribution in [0.25, 0.3) is 0 Å². The predicted octanol–water partition coefficient (Wildman–Crippen LogP) is 0.841. The van der Waals surface area contributed by atoms with Crippen molar-refractivity contribution >= 4 is 5.91 Å². The van der Waals surface area contributed by atoms with E-state index in [1.165, 1.54) is 6.08 Å². The number of rotatable bonds is 5. The van der Waals surface area contributed by atoms with Gasteiger partial charge in [-0.05, 0) is 13.3 Å². The maximum absolute atomic E-state index is 11.1. The predicted molar refractivity (Wildman–Crippen MR) is 48.8 cm³/mol. The van der Waals surface area contributed by atoms with Crippen LogP contribution in [-0.4, -0.2) is 24.2 Å². The van der Waals surface area contributed by atoms with Crippen LogP contribution in [0.1, 0.15) is 26.7 Å². The Hall–Kier alpha value is -0.830. The maximum Gasteiger partial charge on any atom is 0.246 e. The summed E-state index contributed by atoms with van der Waals surface area (Å²) >= 11 is 0. The molecule has 70 valence electrons. The Morgan fingerprint density at radius 1 is 1.58 bits per heavy atom. The quantitative estimate of drug-likeness (QED) is 0.475. The van der Waals surface area contributed by atoms with Gasteiger partial charge in [0.25, 0.3) is 0 Å². The maximum atomic E-state index is 11.1. The molecule has 0 unspecified atom stereocenters. The average molecular weight is 171 g/mol. The molecule has 12 heavy (non-hydrogen) atoms. The number of unbranched alkanes of at least 4 members (excludes halogenated alkanes) is 1. The van der Waals surface area contributed by atoms with Crippen LogP contribution in [0.4, 0.5) is 0 Å². The fourth-order valence-corrected chi connectivity index (χ4v) is 0.748. The lowest BCUT2D eigenvalue weighted by molar-refractivity contribution is -0.117. The second-order valence-electron chi connectivity index (χ2n) is 2.68. The summed E-state index contributed by atoms with van der Waals surface area (Å²) in [5, 5.41) is 11.3. The van der Waals surface area contributed by atoms with Crippen LogP contribution in [-0.2, 0) is 4.79 Å². The van der Waals surface area contributed by atoms with Crippen molar-refractivity contribution in [3.63, 3.8) is 0 Å². The summed E-state index contributed by atoms with van der Waals surface area (Å²) in [5.41, 5.74) is 0.577. The van der Waals surface area contributed by atoms with E-state index in [1.807, 2.05) is 0 Å². The zero-order valence-electron chi connectivity index (χ0n) is 7.76. The highest BCUT2D eigenvalue weighted by Crippen LogP contribution is 1.91. The third-order valence-corrected chi connectivity index (χ3v) is 1.57. The second kappa shape index (κ2) is 6.85. The first-order valence-electron chi connectivity index (χ1n) is 4.28. The number of aliphatic hydroxyl groups excluding tert-OH is 1. The van der Waals surface area contributed by atoms with Gasteiger partial charge in [0.05, 0.1) is 6.61 Å². The molecule has 1 amide bonds. The lowest BCUT2D eigenvalue weighted by atomic mass is 10.2. The van der Waals surface area contributed by atoms with Crippen molar-refractivity contribution in [2.45, 2.75) is 26.7 Å². The minimum atomic E-state index is -0.0856. The molecule has 0 atom stereocenters. The van der Waals surface area contributed by atoms with Gasteiger partial charge < -0.3 is 10.4 Å². The Labute approximate surface area is 73.5 Å². The normalized spacial score (nSPS) is 11.4. The van der Waals surface area contributed by atoms with Crippen LogP contribution in [0.5, 0.6) is 0 Å². The Morgan fingerprint density at radius 2 is 2.25 bits per heavy atom. The third-order valence-electron chi connectivity index (χ3n) is 1.57. The van der Waals surface area contributed by atoms with Crippen molar-refractivity contribution in [2.75, 3.05) is 13.2 Å². The van der Waals surface area contributed by atoms with Crippen molar-refractivity contribution in [1.29, 1.82) is 0 Å². The van der Waals surface area contributed by atoms with Gasteiger partial charge >= 0.3 is 0 Å². The van der Waals surface area contributed by atoms with Gasteiger partial charge in [0.1, 0.15) is 0 Å². The van der Waals surface area contributed by atoms with Crippen LogP contribution in [0.3, 0.4) is 0 Å². The van der Waals surface area contributed by atoms with Gasteiger partial charge in [0.2, 0.25) is 5.91 Å². The zero-order valence-corrected chi connectivity index (χ0v) is 7.76. The van der Waals surface area contributed by atoms with E-state index in [1.54, 1.807) is 6.92 Å². The molecule has 3 nitrogen and oxygen atoms in total. The highest BCUT2D eigenvalue weighted by atomic mass is 16.2. The molecule has 2 N–H and O–H groups in total. The lowest BCUT2D eigenvalue weighted by Crippen LogP contribution is -2.25. The highest BCUT2D eigenvalue weighted by Gasteiger charge is 2.00. The van der Waals surface area contributed by atoms with E-state index in [2.05, 4.69) is 12.2 Å². The molecular weight excluding hydrogens is 154 g/mol. The van der Waals surface area contributed by atoms with E-state index in [4.69, 9.17) is 5.11 Å². The van der Waals surface area contributed by atoms with E-state index in [9.17, 15) is 4.79 Å². The molecule has 0 heterocycles. The van der Waals surface area contributed by atoms with Crippen molar-refractivity contribution in [2.24, 2.45) is 0 Å². The first-order chi connectivity index (χ1) is 5.72. The van der Waals surface area contributed by atoms with E-state index in [0.29, 0.717) is 12.1 Å². The number of nitrogens with one attached hydrogen (secondary N) is 1. The Bertz CT molecular complexity index is 164. The number of hydrogen-bond acceptors (Lipinski definition) is 2. The van der Waals surface area contributed by atoms with Gasteiger partial charge in [-0.2, -0.15) is 0 Å². The van der Waals surface area contributed by atoms with Crippen molar-refractivity contribution < 1.29 is 9.90 Å². The van der Waals surface area contributed by atoms with Crippen molar-refractivity contribution in [3.8, 4) is 0 Å². The Morgan fingerprint density at radius 3 is 2.75 bits per heavy atom. The summed E-state index contributed by atoms with van der Waals surface area (Å²) < 4.78 is 0. The topological polar surface area (TPSA) is 49.3 Å². The zero-order chi connectivity index (χ0) is 9.40. The van der Waals surface area contributed by atoms with Gasteiger partial charge in [-0.15, -0.1) is 0 Å². The van der Waals surface area contributed by atoms with Crippen LogP contribution >= 0.6 is 0 Å². The monoisotopic (exact) mass is 171 g/mol. The second-order valence-corrected chi connectivity index (χ2v) is 2.68. The Kier molecular flexibility index (Phi) is 6.38. The number of hydrogen-bond donors (Lipinski definition) is 2. The molecule has 0 aromatic carbocycles. The molecule has 0 rings (SSSR count). The van der Waals surface area contributed by atoms with Crippen LogP contribution in [0.15, 0.2) is 11.6 Å². The van der Waals surface area contributed by atoms with E-state index >= 15 is 0 Å². The summed E-state index contributed by atoms with van der Waals surface area (Å²) in [6.45, 7) is 4.40. The van der Waals surface area contributed by atoms with Crippen LogP contribution in [0, 0.1) is 0 Å².